The van der Waals surface area contributed by atoms with Crippen LogP contribution in [0.5, 0.6) is 0 Å². The summed E-state index contributed by atoms with van der Waals surface area (Å²) in [7, 11) is 2.02. The van der Waals surface area contributed by atoms with Crippen molar-refractivity contribution >= 4 is 23.2 Å². The van der Waals surface area contributed by atoms with Gasteiger partial charge >= 0.3 is 0 Å². The van der Waals surface area contributed by atoms with E-state index >= 15 is 0 Å². The Morgan fingerprint density at radius 1 is 1.42 bits per heavy atom. The summed E-state index contributed by atoms with van der Waals surface area (Å²) in [6.45, 7) is 5.58. The third kappa shape index (κ3) is 3.63. The van der Waals surface area contributed by atoms with Crippen LogP contribution in [0.2, 0.25) is 10.0 Å². The summed E-state index contributed by atoms with van der Waals surface area (Å²) in [4.78, 5) is 2.52. The van der Waals surface area contributed by atoms with Crippen LogP contribution < -0.4 is 5.32 Å². The van der Waals surface area contributed by atoms with Gasteiger partial charge in [0.1, 0.15) is 0 Å². The van der Waals surface area contributed by atoms with Crippen LogP contribution in [0.25, 0.3) is 0 Å². The van der Waals surface area contributed by atoms with Gasteiger partial charge < -0.3 is 5.32 Å². The fourth-order valence-electron chi connectivity index (χ4n) is 2.94. The third-order valence-electron chi connectivity index (χ3n) is 4.02. The molecule has 1 aliphatic rings. The minimum atomic E-state index is 0.325. The summed E-state index contributed by atoms with van der Waals surface area (Å²) in [5, 5.41) is 4.63. The first-order valence-electron chi connectivity index (χ1n) is 6.96. The fraction of sp³-hybridized carbons (Fsp3) is 0.600. The van der Waals surface area contributed by atoms with Gasteiger partial charge in [-0.05, 0) is 57.5 Å². The van der Waals surface area contributed by atoms with E-state index in [1.54, 1.807) is 0 Å². The molecule has 19 heavy (non-hydrogen) atoms. The number of piperidine rings is 1. The quantitative estimate of drug-likeness (QED) is 0.904. The highest BCUT2D eigenvalue weighted by Crippen LogP contribution is 2.34. The molecule has 1 fully saturated rings. The summed E-state index contributed by atoms with van der Waals surface area (Å²) in [5.74, 6) is 0.735. The van der Waals surface area contributed by atoms with Crippen molar-refractivity contribution in [1.82, 2.24) is 10.2 Å². The molecule has 1 aromatic carbocycles. The molecule has 1 N–H and O–H groups in total. The van der Waals surface area contributed by atoms with E-state index in [2.05, 4.69) is 23.2 Å². The average molecular weight is 301 g/mol. The van der Waals surface area contributed by atoms with Crippen LogP contribution in [0.1, 0.15) is 31.4 Å². The molecule has 0 radical (unpaired) electrons. The molecule has 0 spiro atoms. The van der Waals surface area contributed by atoms with E-state index in [0.717, 1.165) is 31.1 Å². The van der Waals surface area contributed by atoms with E-state index in [1.165, 1.54) is 12.8 Å². The molecular formula is C15H22Cl2N2. The first-order valence-corrected chi connectivity index (χ1v) is 7.71. The highest BCUT2D eigenvalue weighted by atomic mass is 35.5. The Bertz CT molecular complexity index is 421. The number of nitrogens with one attached hydrogen (secondary N) is 1. The Hall–Kier alpha value is -0.280. The summed E-state index contributed by atoms with van der Waals surface area (Å²) >= 11 is 12.4. The lowest BCUT2D eigenvalue weighted by Crippen LogP contribution is -2.40. The second kappa shape index (κ2) is 6.94. The molecule has 2 atom stereocenters. The zero-order valence-electron chi connectivity index (χ0n) is 11.6. The number of likely N-dealkylation sites (tertiary alicyclic amines) is 1. The Morgan fingerprint density at radius 2 is 2.21 bits per heavy atom. The SMILES string of the molecule is CNCC1CCCN(C(C)c2cccc(Cl)c2Cl)C1. The number of hydrogen-bond donors (Lipinski definition) is 1. The van der Waals surface area contributed by atoms with Crippen LogP contribution in [-0.2, 0) is 0 Å². The van der Waals surface area contributed by atoms with Gasteiger partial charge in [-0.1, -0.05) is 35.3 Å². The normalized spacial score (nSPS) is 22.4. The lowest BCUT2D eigenvalue weighted by atomic mass is 9.95. The van der Waals surface area contributed by atoms with Gasteiger partial charge in [-0.2, -0.15) is 0 Å². The van der Waals surface area contributed by atoms with Crippen LogP contribution in [0.4, 0.5) is 0 Å². The van der Waals surface area contributed by atoms with Crippen molar-refractivity contribution in [2.24, 2.45) is 5.92 Å². The van der Waals surface area contributed by atoms with Crippen molar-refractivity contribution in [3.63, 3.8) is 0 Å². The van der Waals surface area contributed by atoms with Gasteiger partial charge in [0.05, 0.1) is 10.0 Å². The molecule has 0 aliphatic carbocycles. The summed E-state index contributed by atoms with van der Waals surface area (Å²) in [5.41, 5.74) is 1.14. The molecule has 2 unspecified atom stereocenters. The third-order valence-corrected chi connectivity index (χ3v) is 4.86. The Morgan fingerprint density at radius 3 is 2.95 bits per heavy atom. The largest absolute Gasteiger partial charge is 0.319 e. The van der Waals surface area contributed by atoms with Gasteiger partial charge in [0.15, 0.2) is 0 Å². The van der Waals surface area contributed by atoms with Crippen LogP contribution in [-0.4, -0.2) is 31.6 Å². The van der Waals surface area contributed by atoms with Crippen LogP contribution in [0, 0.1) is 5.92 Å². The van der Waals surface area contributed by atoms with Crippen LogP contribution in [0.3, 0.4) is 0 Å². The predicted octanol–water partition coefficient (Wildman–Crippen LogP) is 3.99. The van der Waals surface area contributed by atoms with E-state index in [4.69, 9.17) is 23.2 Å². The van der Waals surface area contributed by atoms with Gasteiger partial charge in [-0.15, -0.1) is 0 Å². The molecule has 0 bridgehead atoms. The molecule has 4 heteroatoms. The van der Waals surface area contributed by atoms with E-state index < -0.39 is 0 Å². The number of halogens is 2. The highest BCUT2D eigenvalue weighted by molar-refractivity contribution is 6.42. The van der Waals surface area contributed by atoms with Gasteiger partial charge in [-0.3, -0.25) is 4.90 Å². The lowest BCUT2D eigenvalue weighted by molar-refractivity contribution is 0.131. The molecule has 0 amide bonds. The molecule has 106 valence electrons. The molecule has 2 rings (SSSR count). The molecule has 1 saturated heterocycles. The fourth-order valence-corrected chi connectivity index (χ4v) is 3.41. The van der Waals surface area contributed by atoms with Crippen molar-refractivity contribution < 1.29 is 0 Å². The van der Waals surface area contributed by atoms with Crippen molar-refractivity contribution in [3.05, 3.63) is 33.8 Å². The summed E-state index contributed by atoms with van der Waals surface area (Å²) < 4.78 is 0. The molecular weight excluding hydrogens is 279 g/mol. The Kier molecular flexibility index (Phi) is 5.52. The van der Waals surface area contributed by atoms with E-state index in [-0.39, 0.29) is 0 Å². The molecule has 1 aromatic rings. The van der Waals surface area contributed by atoms with Crippen molar-refractivity contribution in [1.29, 1.82) is 0 Å². The van der Waals surface area contributed by atoms with Gasteiger partial charge in [-0.25, -0.2) is 0 Å². The minimum absolute atomic E-state index is 0.325. The molecule has 1 aliphatic heterocycles. The Balaban J connectivity index is 2.10. The first-order chi connectivity index (χ1) is 9.13. The topological polar surface area (TPSA) is 15.3 Å². The number of benzene rings is 1. The number of rotatable bonds is 4. The van der Waals surface area contributed by atoms with Gasteiger partial charge in [0.2, 0.25) is 0 Å². The van der Waals surface area contributed by atoms with Crippen molar-refractivity contribution in [2.75, 3.05) is 26.7 Å². The zero-order valence-corrected chi connectivity index (χ0v) is 13.1. The van der Waals surface area contributed by atoms with E-state index in [1.807, 2.05) is 19.2 Å². The summed E-state index contributed by atoms with van der Waals surface area (Å²) in [6.07, 6.45) is 2.57. The smallest absolute Gasteiger partial charge is 0.0640 e. The van der Waals surface area contributed by atoms with Crippen LogP contribution in [0.15, 0.2) is 18.2 Å². The molecule has 1 heterocycles. The van der Waals surface area contributed by atoms with E-state index in [0.29, 0.717) is 16.1 Å². The van der Waals surface area contributed by atoms with Crippen molar-refractivity contribution in [3.8, 4) is 0 Å². The maximum Gasteiger partial charge on any atom is 0.0640 e. The van der Waals surface area contributed by atoms with Gasteiger partial charge in [0.25, 0.3) is 0 Å². The first kappa shape index (κ1) is 15.1. The standard InChI is InChI=1S/C15H22Cl2N2/c1-11(13-6-3-7-14(16)15(13)17)19-8-4-5-12(10-19)9-18-2/h3,6-7,11-12,18H,4-5,8-10H2,1-2H3. The molecule has 0 saturated carbocycles. The van der Waals surface area contributed by atoms with Gasteiger partial charge in [0, 0.05) is 12.6 Å². The van der Waals surface area contributed by atoms with E-state index in [9.17, 15) is 0 Å². The zero-order chi connectivity index (χ0) is 13.8. The average Bonchev–Trinajstić information content (AvgIpc) is 2.42. The highest BCUT2D eigenvalue weighted by Gasteiger charge is 2.25. The monoisotopic (exact) mass is 300 g/mol. The second-order valence-corrected chi connectivity index (χ2v) is 6.17. The number of nitrogens with zero attached hydrogens (tertiary/aromatic N) is 1. The lowest BCUT2D eigenvalue weighted by Gasteiger charge is -2.37. The minimum Gasteiger partial charge on any atom is -0.319 e. The Labute approximate surface area is 126 Å². The van der Waals surface area contributed by atoms with Crippen LogP contribution >= 0.6 is 23.2 Å². The second-order valence-electron chi connectivity index (χ2n) is 5.38. The van der Waals surface area contributed by atoms with Crippen molar-refractivity contribution in [2.45, 2.75) is 25.8 Å². The predicted molar refractivity (Wildman–Crippen MR) is 83.1 cm³/mol. The molecule has 2 nitrogen and oxygen atoms in total. The molecule has 0 aromatic heterocycles. The number of hydrogen-bond acceptors (Lipinski definition) is 2. The maximum atomic E-state index is 6.33. The maximum absolute atomic E-state index is 6.33. The summed E-state index contributed by atoms with van der Waals surface area (Å²) in [6, 6.07) is 6.24.